The van der Waals surface area contributed by atoms with Gasteiger partial charge >= 0.3 is 12.0 Å². The van der Waals surface area contributed by atoms with E-state index in [1.807, 2.05) is 30.3 Å². The van der Waals surface area contributed by atoms with Gasteiger partial charge in [-0.2, -0.15) is 0 Å². The molecule has 2 bridgehead atoms. The number of carbonyl (C=O) groups is 2. The van der Waals surface area contributed by atoms with Gasteiger partial charge in [0.2, 0.25) is 5.89 Å². The monoisotopic (exact) mass is 355 g/mol. The molecule has 1 aromatic heterocycles. The molecule has 1 N–H and O–H groups in total. The van der Waals surface area contributed by atoms with Crippen LogP contribution in [0.15, 0.2) is 34.7 Å². The standard InChI is InChI=1S/C19H21N3O4/c23-16(11-25-17(24)10-15-9-12-6-7-14(15)8-12)20-19-22-21-18(26-19)13-4-2-1-3-5-13/h1-5,12,14-15H,6-11H2,(H,20,22,23). The number of benzene rings is 1. The van der Waals surface area contributed by atoms with Crippen LogP contribution in [0.5, 0.6) is 0 Å². The van der Waals surface area contributed by atoms with Crippen LogP contribution in [0, 0.1) is 17.8 Å². The van der Waals surface area contributed by atoms with Crippen LogP contribution in [0.2, 0.25) is 0 Å². The minimum Gasteiger partial charge on any atom is -0.456 e. The molecule has 4 rings (SSSR count). The Bertz CT molecular complexity index is 789. The predicted molar refractivity (Wildman–Crippen MR) is 92.9 cm³/mol. The first-order valence-corrected chi connectivity index (χ1v) is 9.02. The summed E-state index contributed by atoms with van der Waals surface area (Å²) in [6.07, 6.45) is 5.31. The SMILES string of the molecule is O=C(COC(=O)CC1CC2CCC1C2)Nc1nnc(-c2ccccc2)o1. The van der Waals surface area contributed by atoms with E-state index in [0.717, 1.165) is 17.9 Å². The van der Waals surface area contributed by atoms with Crippen molar-refractivity contribution >= 4 is 17.9 Å². The number of rotatable bonds is 6. The van der Waals surface area contributed by atoms with E-state index in [9.17, 15) is 9.59 Å². The summed E-state index contributed by atoms with van der Waals surface area (Å²) in [4.78, 5) is 23.9. The maximum absolute atomic E-state index is 12.0. The van der Waals surface area contributed by atoms with E-state index < -0.39 is 5.91 Å². The first kappa shape index (κ1) is 16.8. The van der Waals surface area contributed by atoms with Gasteiger partial charge in [0, 0.05) is 12.0 Å². The molecular weight excluding hydrogens is 334 g/mol. The van der Waals surface area contributed by atoms with E-state index in [1.165, 1.54) is 19.3 Å². The van der Waals surface area contributed by atoms with Crippen LogP contribution in [-0.4, -0.2) is 28.7 Å². The average Bonchev–Trinajstić information content (AvgIpc) is 3.38. The van der Waals surface area contributed by atoms with E-state index in [0.29, 0.717) is 24.1 Å². The Morgan fingerprint density at radius 1 is 1.15 bits per heavy atom. The smallest absolute Gasteiger partial charge is 0.322 e. The molecule has 26 heavy (non-hydrogen) atoms. The minimum absolute atomic E-state index is 0.0157. The Morgan fingerprint density at radius 2 is 2.00 bits per heavy atom. The number of aromatic nitrogens is 2. The lowest BCUT2D eigenvalue weighted by atomic mass is 9.86. The minimum atomic E-state index is -0.491. The summed E-state index contributed by atoms with van der Waals surface area (Å²) in [5, 5.41) is 10.1. The van der Waals surface area contributed by atoms with E-state index >= 15 is 0 Å². The van der Waals surface area contributed by atoms with Crippen LogP contribution in [0.3, 0.4) is 0 Å². The van der Waals surface area contributed by atoms with Crippen LogP contribution in [0.25, 0.3) is 11.5 Å². The van der Waals surface area contributed by atoms with Crippen molar-refractivity contribution in [1.82, 2.24) is 10.2 Å². The van der Waals surface area contributed by atoms with Gasteiger partial charge in [-0.1, -0.05) is 29.7 Å². The van der Waals surface area contributed by atoms with Gasteiger partial charge in [-0.25, -0.2) is 0 Å². The second-order valence-electron chi connectivity index (χ2n) is 7.13. The third-order valence-electron chi connectivity index (χ3n) is 5.37. The molecule has 1 amide bonds. The summed E-state index contributed by atoms with van der Waals surface area (Å²) in [5.74, 6) is 1.39. The van der Waals surface area contributed by atoms with Crippen molar-refractivity contribution in [3.8, 4) is 11.5 Å². The van der Waals surface area contributed by atoms with Crippen molar-refractivity contribution in [2.45, 2.75) is 32.1 Å². The van der Waals surface area contributed by atoms with Crippen LogP contribution < -0.4 is 5.32 Å². The number of fused-ring (bicyclic) bond motifs is 2. The number of anilines is 1. The molecule has 0 radical (unpaired) electrons. The fourth-order valence-electron chi connectivity index (χ4n) is 4.17. The Labute approximate surface area is 151 Å². The number of hydrogen-bond donors (Lipinski definition) is 1. The van der Waals surface area contributed by atoms with Crippen molar-refractivity contribution in [2.24, 2.45) is 17.8 Å². The number of ether oxygens (including phenoxy) is 1. The summed E-state index contributed by atoms with van der Waals surface area (Å²) < 4.78 is 10.5. The molecule has 2 aromatic rings. The van der Waals surface area contributed by atoms with Crippen molar-refractivity contribution in [1.29, 1.82) is 0 Å². The lowest BCUT2D eigenvalue weighted by Crippen LogP contribution is -2.23. The van der Waals surface area contributed by atoms with Crippen LogP contribution in [0.1, 0.15) is 32.1 Å². The normalized spacial score (nSPS) is 23.8. The highest BCUT2D eigenvalue weighted by molar-refractivity contribution is 5.91. The Balaban J connectivity index is 1.23. The number of amides is 1. The van der Waals surface area contributed by atoms with Crippen molar-refractivity contribution in [2.75, 3.05) is 11.9 Å². The zero-order valence-corrected chi connectivity index (χ0v) is 14.4. The van der Waals surface area contributed by atoms with Crippen LogP contribution in [0.4, 0.5) is 6.01 Å². The highest BCUT2D eigenvalue weighted by Crippen LogP contribution is 2.49. The van der Waals surface area contributed by atoms with Gasteiger partial charge in [-0.15, -0.1) is 5.10 Å². The topological polar surface area (TPSA) is 94.3 Å². The van der Waals surface area contributed by atoms with Crippen molar-refractivity contribution < 1.29 is 18.7 Å². The molecule has 3 atom stereocenters. The maximum Gasteiger partial charge on any atom is 0.322 e. The number of hydrogen-bond acceptors (Lipinski definition) is 6. The third-order valence-corrected chi connectivity index (χ3v) is 5.37. The predicted octanol–water partition coefficient (Wildman–Crippen LogP) is 3.04. The molecule has 136 valence electrons. The maximum atomic E-state index is 12.0. The summed E-state index contributed by atoms with van der Waals surface area (Å²) in [6, 6.07) is 9.24. The Kier molecular flexibility index (Phi) is 4.69. The van der Waals surface area contributed by atoms with Gasteiger partial charge in [-0.05, 0) is 49.1 Å². The lowest BCUT2D eigenvalue weighted by Gasteiger charge is -2.20. The number of carbonyl (C=O) groups excluding carboxylic acids is 2. The first-order chi connectivity index (χ1) is 12.7. The molecule has 0 spiro atoms. The van der Waals surface area contributed by atoms with E-state index in [4.69, 9.17) is 9.15 Å². The second kappa shape index (κ2) is 7.27. The molecule has 7 heteroatoms. The van der Waals surface area contributed by atoms with Crippen LogP contribution >= 0.6 is 0 Å². The van der Waals surface area contributed by atoms with Crippen molar-refractivity contribution in [3.05, 3.63) is 30.3 Å². The molecule has 0 saturated heterocycles. The Morgan fingerprint density at radius 3 is 2.73 bits per heavy atom. The number of nitrogens with one attached hydrogen (secondary N) is 1. The van der Waals surface area contributed by atoms with E-state index in [-0.39, 0.29) is 18.6 Å². The Hall–Kier alpha value is -2.70. The van der Waals surface area contributed by atoms with Gasteiger partial charge in [-0.3, -0.25) is 14.9 Å². The lowest BCUT2D eigenvalue weighted by molar-refractivity contribution is -0.148. The van der Waals surface area contributed by atoms with E-state index in [2.05, 4.69) is 15.5 Å². The first-order valence-electron chi connectivity index (χ1n) is 9.02. The molecule has 7 nitrogen and oxygen atoms in total. The fourth-order valence-corrected chi connectivity index (χ4v) is 4.17. The zero-order chi connectivity index (χ0) is 17.9. The third kappa shape index (κ3) is 3.76. The van der Waals surface area contributed by atoms with Crippen molar-refractivity contribution in [3.63, 3.8) is 0 Å². The van der Waals surface area contributed by atoms with Gasteiger partial charge in [0.1, 0.15) is 0 Å². The van der Waals surface area contributed by atoms with Gasteiger partial charge in [0.05, 0.1) is 0 Å². The molecule has 1 aromatic carbocycles. The van der Waals surface area contributed by atoms with E-state index in [1.54, 1.807) is 0 Å². The largest absolute Gasteiger partial charge is 0.456 e. The quantitative estimate of drug-likeness (QED) is 0.801. The number of esters is 1. The van der Waals surface area contributed by atoms with Gasteiger partial charge in [0.15, 0.2) is 6.61 Å². The van der Waals surface area contributed by atoms with Gasteiger partial charge < -0.3 is 9.15 Å². The highest BCUT2D eigenvalue weighted by atomic mass is 16.5. The fraction of sp³-hybridized carbons (Fsp3) is 0.474. The molecule has 1 heterocycles. The summed E-state index contributed by atoms with van der Waals surface area (Å²) >= 11 is 0. The molecular formula is C19H21N3O4. The molecule has 2 saturated carbocycles. The second-order valence-corrected chi connectivity index (χ2v) is 7.13. The van der Waals surface area contributed by atoms with Gasteiger partial charge in [0.25, 0.3) is 5.91 Å². The average molecular weight is 355 g/mol. The van der Waals surface area contributed by atoms with Crippen LogP contribution in [-0.2, 0) is 14.3 Å². The highest BCUT2D eigenvalue weighted by Gasteiger charge is 2.40. The zero-order valence-electron chi connectivity index (χ0n) is 14.4. The summed E-state index contributed by atoms with van der Waals surface area (Å²) in [5.41, 5.74) is 0.762. The molecule has 3 unspecified atom stereocenters. The summed E-state index contributed by atoms with van der Waals surface area (Å²) in [6.45, 7) is -0.345. The number of nitrogens with zero attached hydrogens (tertiary/aromatic N) is 2. The molecule has 2 fully saturated rings. The molecule has 0 aliphatic heterocycles. The molecule has 2 aliphatic carbocycles. The molecule has 2 aliphatic rings. The summed E-state index contributed by atoms with van der Waals surface area (Å²) in [7, 11) is 0.